The van der Waals surface area contributed by atoms with Crippen molar-refractivity contribution in [3.8, 4) is 0 Å². The smallest absolute Gasteiger partial charge is 0.272 e. The average molecular weight is 445 g/mol. The van der Waals surface area contributed by atoms with Gasteiger partial charge in [0, 0.05) is 51.7 Å². The first kappa shape index (κ1) is 22.1. The molecule has 1 aromatic heterocycles. The minimum absolute atomic E-state index is 0.178. The number of nitrogens with zero attached hydrogens (tertiary/aromatic N) is 5. The zero-order valence-electron chi connectivity index (χ0n) is 18.0. The van der Waals surface area contributed by atoms with Gasteiger partial charge < -0.3 is 9.80 Å². The van der Waals surface area contributed by atoms with Gasteiger partial charge in [-0.1, -0.05) is 0 Å². The monoisotopic (exact) mass is 445 g/mol. The number of amides is 2. The molecule has 2 fully saturated rings. The Morgan fingerprint density at radius 3 is 2.38 bits per heavy atom. The van der Waals surface area contributed by atoms with Crippen LogP contribution in [0.4, 0.5) is 14.6 Å². The summed E-state index contributed by atoms with van der Waals surface area (Å²) in [4.78, 5) is 42.6. The second-order valence-electron chi connectivity index (χ2n) is 8.23. The van der Waals surface area contributed by atoms with Crippen molar-refractivity contribution in [2.75, 3.05) is 38.7 Å². The van der Waals surface area contributed by atoms with E-state index < -0.39 is 17.7 Å². The van der Waals surface area contributed by atoms with Crippen molar-refractivity contribution in [2.24, 2.45) is 5.92 Å². The normalized spacial score (nSPS) is 19.3. The van der Waals surface area contributed by atoms with Crippen molar-refractivity contribution >= 4 is 17.6 Å². The highest BCUT2D eigenvalue weighted by Crippen LogP contribution is 2.34. The van der Waals surface area contributed by atoms with Gasteiger partial charge in [-0.2, -0.15) is 0 Å². The van der Waals surface area contributed by atoms with E-state index in [9.17, 15) is 18.4 Å². The average Bonchev–Trinajstić information content (AvgIpc) is 3.27. The molecule has 2 amide bonds. The second-order valence-corrected chi connectivity index (χ2v) is 8.23. The van der Waals surface area contributed by atoms with E-state index in [0.717, 1.165) is 6.07 Å². The molecule has 1 atom stereocenters. The molecule has 0 N–H and O–H groups in total. The number of halogens is 2. The summed E-state index contributed by atoms with van der Waals surface area (Å²) in [6.07, 6.45) is 3.00. The maximum absolute atomic E-state index is 13.7. The Hall–Kier alpha value is -3.14. The molecular formula is C22H25F2N5O3. The van der Waals surface area contributed by atoms with E-state index in [-0.39, 0.29) is 17.7 Å². The molecular weight excluding hydrogens is 420 g/mol. The van der Waals surface area contributed by atoms with E-state index in [1.54, 1.807) is 20.2 Å². The van der Waals surface area contributed by atoms with Crippen molar-refractivity contribution < 1.29 is 23.2 Å². The minimum Gasteiger partial charge on any atom is -0.356 e. The number of carbonyl (C=O) groups is 2. The Labute approximate surface area is 184 Å². The topological polar surface area (TPSA) is 78.9 Å². The summed E-state index contributed by atoms with van der Waals surface area (Å²) >= 11 is 0. The molecule has 1 unspecified atom stereocenters. The summed E-state index contributed by atoms with van der Waals surface area (Å²) in [5, 5.41) is 1.28. The number of carbonyl (C=O) groups excluding carboxylic acids is 2. The zero-order valence-corrected chi connectivity index (χ0v) is 18.0. The fraction of sp³-hybridized carbons (Fsp3) is 0.455. The molecule has 0 bridgehead atoms. The van der Waals surface area contributed by atoms with Gasteiger partial charge in [-0.15, -0.1) is 0 Å². The lowest BCUT2D eigenvalue weighted by molar-refractivity contribution is -0.182. The fourth-order valence-electron chi connectivity index (χ4n) is 4.16. The van der Waals surface area contributed by atoms with Gasteiger partial charge in [0.25, 0.3) is 5.91 Å². The van der Waals surface area contributed by atoms with Crippen LogP contribution in [0.5, 0.6) is 0 Å². The maximum atomic E-state index is 13.7. The lowest BCUT2D eigenvalue weighted by atomic mass is 9.94. The van der Waals surface area contributed by atoms with Crippen molar-refractivity contribution in [2.45, 2.75) is 25.3 Å². The third-order valence-electron chi connectivity index (χ3n) is 5.84. The summed E-state index contributed by atoms with van der Waals surface area (Å²) in [5.41, 5.74) is 0.707. The van der Waals surface area contributed by atoms with Crippen LogP contribution in [0, 0.1) is 17.6 Å². The van der Waals surface area contributed by atoms with E-state index in [0.29, 0.717) is 56.0 Å². The summed E-state index contributed by atoms with van der Waals surface area (Å²) in [6, 6.07) is 4.45. The second kappa shape index (κ2) is 9.15. The van der Waals surface area contributed by atoms with Crippen molar-refractivity contribution in [3.05, 3.63) is 53.5 Å². The lowest BCUT2D eigenvalue weighted by Crippen LogP contribution is -2.42. The molecule has 0 spiro atoms. The van der Waals surface area contributed by atoms with Crippen molar-refractivity contribution in [1.82, 2.24) is 19.9 Å². The van der Waals surface area contributed by atoms with Crippen LogP contribution in [-0.2, 0) is 9.63 Å². The first-order chi connectivity index (χ1) is 15.3. The molecule has 2 aromatic rings. The van der Waals surface area contributed by atoms with Gasteiger partial charge in [-0.05, 0) is 30.5 Å². The van der Waals surface area contributed by atoms with Crippen LogP contribution in [-0.4, -0.2) is 65.5 Å². The van der Waals surface area contributed by atoms with Gasteiger partial charge in [0.05, 0.1) is 12.6 Å². The quantitative estimate of drug-likeness (QED) is 0.720. The molecule has 0 aliphatic carbocycles. The van der Waals surface area contributed by atoms with Crippen LogP contribution >= 0.6 is 0 Å². The van der Waals surface area contributed by atoms with E-state index in [1.807, 2.05) is 4.90 Å². The van der Waals surface area contributed by atoms with Crippen molar-refractivity contribution in [3.63, 3.8) is 0 Å². The highest BCUT2D eigenvalue weighted by Gasteiger charge is 2.37. The number of hydrogen-bond donors (Lipinski definition) is 0. The molecule has 170 valence electrons. The standard InChI is InChI=1S/C22H25F2N5O3/c1-27(2)22(31)18-12-20(26-13-25-18)28-6-3-14(4-7-28)21(30)29-19(5-8-32-29)15-9-16(23)11-17(24)10-15/h9-14,19H,3-8H2,1-2H3. The van der Waals surface area contributed by atoms with E-state index >= 15 is 0 Å². The number of benzene rings is 1. The Balaban J connectivity index is 1.41. The molecule has 1 aromatic carbocycles. The van der Waals surface area contributed by atoms with Gasteiger partial charge >= 0.3 is 0 Å². The van der Waals surface area contributed by atoms with Gasteiger partial charge in [0.1, 0.15) is 29.5 Å². The van der Waals surface area contributed by atoms with Crippen LogP contribution in [0.2, 0.25) is 0 Å². The van der Waals surface area contributed by atoms with Crippen LogP contribution < -0.4 is 4.90 Å². The third kappa shape index (κ3) is 4.55. The molecule has 2 saturated heterocycles. The molecule has 0 radical (unpaired) electrons. The third-order valence-corrected chi connectivity index (χ3v) is 5.84. The molecule has 4 rings (SSSR count). The molecule has 0 saturated carbocycles. The zero-order chi connectivity index (χ0) is 22.8. The predicted molar refractivity (Wildman–Crippen MR) is 112 cm³/mol. The van der Waals surface area contributed by atoms with E-state index in [1.165, 1.54) is 28.4 Å². The highest BCUT2D eigenvalue weighted by atomic mass is 19.1. The maximum Gasteiger partial charge on any atom is 0.272 e. The first-order valence-electron chi connectivity index (χ1n) is 10.5. The molecule has 2 aliphatic rings. The Morgan fingerprint density at radius 1 is 1.03 bits per heavy atom. The van der Waals surface area contributed by atoms with Gasteiger partial charge in [0.2, 0.25) is 5.91 Å². The molecule has 32 heavy (non-hydrogen) atoms. The number of aromatic nitrogens is 2. The van der Waals surface area contributed by atoms with E-state index in [2.05, 4.69) is 9.97 Å². The number of hydrogen-bond acceptors (Lipinski definition) is 6. The molecule has 3 heterocycles. The van der Waals surface area contributed by atoms with Crippen LogP contribution in [0.15, 0.2) is 30.6 Å². The summed E-state index contributed by atoms with van der Waals surface area (Å²) in [6.45, 7) is 1.48. The fourth-order valence-corrected chi connectivity index (χ4v) is 4.16. The predicted octanol–water partition coefficient (Wildman–Crippen LogP) is 2.58. The Morgan fingerprint density at radius 2 is 1.72 bits per heavy atom. The SMILES string of the molecule is CN(C)C(=O)c1cc(N2CCC(C(=O)N3OCCC3c3cc(F)cc(F)c3)CC2)ncn1. The molecule has 8 nitrogen and oxygen atoms in total. The summed E-state index contributed by atoms with van der Waals surface area (Å²) < 4.78 is 27.3. The van der Waals surface area contributed by atoms with Crippen LogP contribution in [0.3, 0.4) is 0 Å². The lowest BCUT2D eigenvalue weighted by Gasteiger charge is -2.34. The van der Waals surface area contributed by atoms with Gasteiger partial charge in [-0.25, -0.2) is 23.8 Å². The Kier molecular flexibility index (Phi) is 6.31. The minimum atomic E-state index is -0.676. The van der Waals surface area contributed by atoms with Crippen LogP contribution in [0.1, 0.15) is 41.4 Å². The van der Waals surface area contributed by atoms with Gasteiger partial charge in [0.15, 0.2) is 0 Å². The number of rotatable bonds is 4. The van der Waals surface area contributed by atoms with E-state index in [4.69, 9.17) is 4.84 Å². The molecule has 2 aliphatic heterocycles. The highest BCUT2D eigenvalue weighted by molar-refractivity contribution is 5.92. The molecule has 10 heteroatoms. The van der Waals surface area contributed by atoms with Crippen LogP contribution in [0.25, 0.3) is 0 Å². The number of hydroxylamine groups is 2. The van der Waals surface area contributed by atoms with Gasteiger partial charge in [-0.3, -0.25) is 14.4 Å². The summed E-state index contributed by atoms with van der Waals surface area (Å²) in [7, 11) is 3.32. The summed E-state index contributed by atoms with van der Waals surface area (Å²) in [5.74, 6) is -1.36. The largest absolute Gasteiger partial charge is 0.356 e. The first-order valence-corrected chi connectivity index (χ1v) is 10.5. The van der Waals surface area contributed by atoms with Crippen molar-refractivity contribution in [1.29, 1.82) is 0 Å². The Bertz CT molecular complexity index is 991. The number of anilines is 1. The number of piperidine rings is 1.